The number of hydrogen-bond acceptors (Lipinski definition) is 2. The molecule has 90 valence electrons. The van der Waals surface area contributed by atoms with E-state index in [0.29, 0.717) is 6.07 Å². The number of halogens is 3. The molecule has 1 N–H and O–H groups in total. The van der Waals surface area contributed by atoms with Crippen LogP contribution in [0.25, 0.3) is 6.08 Å². The van der Waals surface area contributed by atoms with E-state index < -0.39 is 35.5 Å². The summed E-state index contributed by atoms with van der Waals surface area (Å²) in [5.74, 6) is -1.44. The Bertz CT molecular complexity index is 579. The van der Waals surface area contributed by atoms with Gasteiger partial charge in [0.15, 0.2) is 17.8 Å². The normalized spacial score (nSPS) is 22.3. The first-order valence-corrected chi connectivity index (χ1v) is 4.58. The third kappa shape index (κ3) is 1.63. The average Bonchev–Trinajstić information content (AvgIpc) is 2.23. The highest BCUT2D eigenvalue weighted by atomic mass is 19.2. The maximum absolute atomic E-state index is 13.5. The van der Waals surface area contributed by atoms with Crippen LogP contribution in [0.1, 0.15) is 17.4 Å². The number of rotatable bonds is 0. The lowest BCUT2D eigenvalue weighted by atomic mass is 9.99. The second-order valence-corrected chi connectivity index (χ2v) is 3.45. The van der Waals surface area contributed by atoms with Crippen LogP contribution >= 0.6 is 0 Å². The van der Waals surface area contributed by atoms with E-state index in [1.807, 2.05) is 0 Å². The number of allylic oxidation sites excluding steroid dienone is 1. The molecule has 0 saturated carbocycles. The monoisotopic (exact) mass is 245 g/mol. The predicted molar refractivity (Wildman–Crippen MR) is 51.9 cm³/mol. The van der Waals surface area contributed by atoms with Crippen LogP contribution in [-0.2, 0) is 0 Å². The highest BCUT2D eigenvalue weighted by Crippen LogP contribution is 2.31. The minimum absolute atomic E-state index is 0.0581. The highest BCUT2D eigenvalue weighted by molar-refractivity contribution is 5.72. The van der Waals surface area contributed by atoms with Crippen LogP contribution in [0.4, 0.5) is 18.0 Å². The lowest BCUT2D eigenvalue weighted by Crippen LogP contribution is -2.29. The van der Waals surface area contributed by atoms with Crippen LogP contribution in [0.15, 0.2) is 16.9 Å². The van der Waals surface area contributed by atoms with E-state index >= 15 is 0 Å². The first-order chi connectivity index (χ1) is 7.93. The van der Waals surface area contributed by atoms with Crippen LogP contribution in [0.2, 0.25) is 0 Å². The number of pyridine rings is 1. The summed E-state index contributed by atoms with van der Waals surface area (Å²) in [4.78, 5) is 22.1. The Kier molecular flexibility index (Phi) is 2.53. The van der Waals surface area contributed by atoms with Crippen LogP contribution in [0.5, 0.6) is 0 Å². The third-order valence-corrected chi connectivity index (χ3v) is 2.42. The zero-order valence-electron chi connectivity index (χ0n) is 8.23. The molecule has 1 aliphatic carbocycles. The molecule has 0 fully saturated rings. The van der Waals surface area contributed by atoms with E-state index in [-0.39, 0.29) is 10.1 Å². The SMILES string of the molecule is O=C(O)n1c(F)cc(=O)c2c1C(F)C(F)C=C2. The number of nitrogens with zero attached hydrogens (tertiary/aromatic N) is 1. The highest BCUT2D eigenvalue weighted by Gasteiger charge is 2.33. The van der Waals surface area contributed by atoms with Gasteiger partial charge in [-0.3, -0.25) is 4.79 Å². The molecule has 7 heteroatoms. The zero-order chi connectivity index (χ0) is 12.7. The molecule has 0 aliphatic heterocycles. The minimum atomic E-state index is -2.38. The van der Waals surface area contributed by atoms with Crippen LogP contribution in [-0.4, -0.2) is 21.9 Å². The molecule has 2 unspecified atom stereocenters. The number of fused-ring (bicyclic) bond motifs is 1. The predicted octanol–water partition coefficient (Wildman–Crippen LogP) is 1.89. The van der Waals surface area contributed by atoms with Crippen LogP contribution < -0.4 is 5.43 Å². The summed E-state index contributed by atoms with van der Waals surface area (Å²) in [6.07, 6.45) is -4.55. The number of carbonyl (C=O) groups is 1. The van der Waals surface area contributed by atoms with Gasteiger partial charge in [0, 0.05) is 11.6 Å². The molecule has 17 heavy (non-hydrogen) atoms. The third-order valence-electron chi connectivity index (χ3n) is 2.42. The molecule has 1 heterocycles. The molecule has 0 aromatic carbocycles. The molecule has 2 atom stereocenters. The van der Waals surface area contributed by atoms with Gasteiger partial charge < -0.3 is 5.11 Å². The molecule has 0 bridgehead atoms. The summed E-state index contributed by atoms with van der Waals surface area (Å²) < 4.78 is 39.8. The van der Waals surface area contributed by atoms with Crippen molar-refractivity contribution in [1.82, 2.24) is 4.57 Å². The maximum atomic E-state index is 13.5. The first-order valence-electron chi connectivity index (χ1n) is 4.58. The fourth-order valence-corrected chi connectivity index (χ4v) is 1.68. The zero-order valence-corrected chi connectivity index (χ0v) is 8.23. The molecule has 2 rings (SSSR count). The Morgan fingerprint density at radius 1 is 1.41 bits per heavy atom. The second-order valence-electron chi connectivity index (χ2n) is 3.45. The van der Waals surface area contributed by atoms with Gasteiger partial charge in [0.25, 0.3) is 0 Å². The van der Waals surface area contributed by atoms with Gasteiger partial charge in [-0.2, -0.15) is 4.39 Å². The lowest BCUT2D eigenvalue weighted by molar-refractivity contribution is 0.173. The van der Waals surface area contributed by atoms with Crippen molar-refractivity contribution in [3.8, 4) is 0 Å². The van der Waals surface area contributed by atoms with Gasteiger partial charge in [-0.25, -0.2) is 18.1 Å². The van der Waals surface area contributed by atoms with Gasteiger partial charge in [-0.1, -0.05) is 6.08 Å². The Labute approximate surface area is 92.6 Å². The van der Waals surface area contributed by atoms with Gasteiger partial charge in [0.05, 0.1) is 5.69 Å². The fourth-order valence-electron chi connectivity index (χ4n) is 1.68. The summed E-state index contributed by atoms with van der Waals surface area (Å²) in [6, 6.07) is 0.419. The van der Waals surface area contributed by atoms with Gasteiger partial charge >= 0.3 is 6.09 Å². The van der Waals surface area contributed by atoms with Crippen molar-refractivity contribution in [2.24, 2.45) is 0 Å². The van der Waals surface area contributed by atoms with E-state index in [9.17, 15) is 22.8 Å². The summed E-state index contributed by atoms with van der Waals surface area (Å²) in [7, 11) is 0. The van der Waals surface area contributed by atoms with E-state index in [2.05, 4.69) is 0 Å². The Balaban J connectivity index is 2.85. The second kappa shape index (κ2) is 3.76. The van der Waals surface area contributed by atoms with Crippen molar-refractivity contribution in [1.29, 1.82) is 0 Å². The van der Waals surface area contributed by atoms with Gasteiger partial charge in [-0.05, 0) is 6.08 Å². The molecule has 1 aromatic rings. The molecular formula is C10H6F3NO3. The molecule has 1 aromatic heterocycles. The van der Waals surface area contributed by atoms with E-state index in [1.54, 1.807) is 0 Å². The van der Waals surface area contributed by atoms with Crippen LogP contribution in [0, 0.1) is 5.95 Å². The van der Waals surface area contributed by atoms with Crippen molar-refractivity contribution < 1.29 is 23.1 Å². The quantitative estimate of drug-likeness (QED) is 0.710. The van der Waals surface area contributed by atoms with Crippen molar-refractivity contribution in [2.75, 3.05) is 0 Å². The standard InChI is InChI=1S/C10H6F3NO3/c11-5-2-1-4-6(15)3-7(12)14(10(16)17)9(4)8(5)13/h1-3,5,8H,(H,16,17). The summed E-state index contributed by atoms with van der Waals surface area (Å²) in [5, 5.41) is 8.72. The number of aromatic nitrogens is 1. The van der Waals surface area contributed by atoms with E-state index in [1.165, 1.54) is 0 Å². The Hall–Kier alpha value is -2.05. The molecule has 0 radical (unpaired) electrons. The van der Waals surface area contributed by atoms with E-state index in [0.717, 1.165) is 12.2 Å². The molecule has 4 nitrogen and oxygen atoms in total. The molecule has 1 aliphatic rings. The Morgan fingerprint density at radius 2 is 2.06 bits per heavy atom. The topological polar surface area (TPSA) is 59.3 Å². The molecule has 0 spiro atoms. The number of carboxylic acid groups (broad SMARTS) is 1. The summed E-state index contributed by atoms with van der Waals surface area (Å²) >= 11 is 0. The van der Waals surface area contributed by atoms with Crippen LogP contribution in [0.3, 0.4) is 0 Å². The van der Waals surface area contributed by atoms with Crippen molar-refractivity contribution in [3.63, 3.8) is 0 Å². The lowest BCUT2D eigenvalue weighted by Gasteiger charge is -2.21. The molecular weight excluding hydrogens is 239 g/mol. The summed E-state index contributed by atoms with van der Waals surface area (Å²) in [6.45, 7) is 0. The number of alkyl halides is 2. The average molecular weight is 245 g/mol. The van der Waals surface area contributed by atoms with Gasteiger partial charge in [0.2, 0.25) is 5.95 Å². The van der Waals surface area contributed by atoms with Crippen molar-refractivity contribution in [3.05, 3.63) is 39.6 Å². The molecule has 0 saturated heterocycles. The minimum Gasteiger partial charge on any atom is -0.464 e. The maximum Gasteiger partial charge on any atom is 0.418 e. The van der Waals surface area contributed by atoms with Crippen molar-refractivity contribution in [2.45, 2.75) is 12.3 Å². The molecule has 0 amide bonds. The first kappa shape index (κ1) is 11.4. The number of hydrogen-bond donors (Lipinski definition) is 1. The van der Waals surface area contributed by atoms with E-state index in [4.69, 9.17) is 5.11 Å². The van der Waals surface area contributed by atoms with Crippen molar-refractivity contribution >= 4 is 12.2 Å². The fraction of sp³-hybridized carbons (Fsp3) is 0.200. The Morgan fingerprint density at radius 3 is 2.65 bits per heavy atom. The largest absolute Gasteiger partial charge is 0.464 e. The summed E-state index contributed by atoms with van der Waals surface area (Å²) in [5.41, 5.74) is -2.05. The van der Waals surface area contributed by atoms with Gasteiger partial charge in [0.1, 0.15) is 0 Å². The smallest absolute Gasteiger partial charge is 0.418 e. The van der Waals surface area contributed by atoms with Gasteiger partial charge in [-0.15, -0.1) is 0 Å².